The van der Waals surface area contributed by atoms with Crippen molar-refractivity contribution in [3.8, 4) is 0 Å². The van der Waals surface area contributed by atoms with Crippen molar-refractivity contribution in [1.82, 2.24) is 9.80 Å². The molecule has 0 aliphatic carbocycles. The summed E-state index contributed by atoms with van der Waals surface area (Å²) in [5, 5.41) is 1.50. The van der Waals surface area contributed by atoms with E-state index < -0.39 is 0 Å². The molecule has 1 rings (SSSR count). The van der Waals surface area contributed by atoms with Crippen LogP contribution in [0.1, 0.15) is 0 Å². The number of likely N-dealkylation sites (N-methyl/N-ethyl adjacent to an activating group) is 1. The van der Waals surface area contributed by atoms with E-state index in [2.05, 4.69) is 28.3 Å². The van der Waals surface area contributed by atoms with E-state index >= 15 is 0 Å². The maximum absolute atomic E-state index is 2.62. The topological polar surface area (TPSA) is 6.48 Å². The Balaban J connectivity index is 2.09. The Morgan fingerprint density at radius 3 is 2.17 bits per heavy atom. The minimum absolute atomic E-state index is 0.371. The fourth-order valence-corrected chi connectivity index (χ4v) is 2.85. The Hall–Kier alpha value is 0.478. The average Bonchev–Trinajstić information content (AvgIpc) is 2.03. The third kappa shape index (κ3) is 3.93. The molecule has 1 saturated heterocycles. The number of hydrogen-bond donors (Lipinski definition) is 0. The predicted molar refractivity (Wildman–Crippen MR) is 56.2 cm³/mol. The monoisotopic (exact) mass is 232 g/mol. The van der Waals surface area contributed by atoms with Crippen LogP contribution in [0.15, 0.2) is 0 Å². The van der Waals surface area contributed by atoms with Gasteiger partial charge in [-0.25, -0.2) is 0 Å². The van der Waals surface area contributed by atoms with Crippen LogP contribution in [-0.4, -0.2) is 64.2 Å². The van der Waals surface area contributed by atoms with Gasteiger partial charge in [0.05, 0.1) is 0 Å². The van der Waals surface area contributed by atoms with E-state index in [9.17, 15) is 0 Å². The SMILES string of the molecule is CN1CCN(CC[As](C)C)CC1. The summed E-state index contributed by atoms with van der Waals surface area (Å²) in [7, 11) is 2.22. The van der Waals surface area contributed by atoms with E-state index in [0.29, 0.717) is 0 Å². The molecule has 0 atom stereocenters. The zero-order chi connectivity index (χ0) is 8.97. The van der Waals surface area contributed by atoms with Crippen LogP contribution in [0.5, 0.6) is 0 Å². The standard InChI is InChI=1S/C9H21AsN2/c1-10(2)4-5-12-8-6-11(3)7-9-12/h4-9H2,1-3H3. The van der Waals surface area contributed by atoms with Gasteiger partial charge >= 0.3 is 80.9 Å². The van der Waals surface area contributed by atoms with Gasteiger partial charge in [-0.1, -0.05) is 0 Å². The normalized spacial score (nSPS) is 22.0. The molecule has 1 aliphatic rings. The molecule has 0 amide bonds. The van der Waals surface area contributed by atoms with E-state index in [0.717, 1.165) is 0 Å². The Morgan fingerprint density at radius 1 is 1.08 bits per heavy atom. The van der Waals surface area contributed by atoms with Gasteiger partial charge in [-0.15, -0.1) is 0 Å². The second-order valence-corrected chi connectivity index (χ2v) is 9.42. The number of piperazine rings is 1. The minimum atomic E-state index is -0.371. The third-order valence-electron chi connectivity index (χ3n) is 2.46. The Kier molecular flexibility index (Phi) is 4.63. The van der Waals surface area contributed by atoms with Gasteiger partial charge in [0, 0.05) is 0 Å². The van der Waals surface area contributed by atoms with Crippen LogP contribution in [0.2, 0.25) is 16.6 Å². The molecule has 12 heavy (non-hydrogen) atoms. The molecule has 0 spiro atoms. The predicted octanol–water partition coefficient (Wildman–Crippen LogP) is 0.988. The van der Waals surface area contributed by atoms with E-state index in [1.54, 1.807) is 0 Å². The molecule has 0 saturated carbocycles. The van der Waals surface area contributed by atoms with E-state index in [1.165, 1.54) is 37.9 Å². The molecule has 1 aliphatic heterocycles. The summed E-state index contributed by atoms with van der Waals surface area (Å²) in [6, 6.07) is 0. The summed E-state index contributed by atoms with van der Waals surface area (Å²) in [5.41, 5.74) is 4.89. The summed E-state index contributed by atoms with van der Waals surface area (Å²) in [6.07, 6.45) is 0. The van der Waals surface area contributed by atoms with Crippen molar-refractivity contribution in [2.45, 2.75) is 16.6 Å². The maximum atomic E-state index is 2.62. The first-order chi connectivity index (χ1) is 5.68. The van der Waals surface area contributed by atoms with Crippen LogP contribution in [0.4, 0.5) is 0 Å². The van der Waals surface area contributed by atoms with Gasteiger partial charge in [-0.05, 0) is 0 Å². The van der Waals surface area contributed by atoms with Gasteiger partial charge in [-0.3, -0.25) is 0 Å². The number of nitrogens with zero attached hydrogens (tertiary/aromatic N) is 2. The quantitative estimate of drug-likeness (QED) is 0.669. The second-order valence-electron chi connectivity index (χ2n) is 3.95. The van der Waals surface area contributed by atoms with Gasteiger partial charge in [0.1, 0.15) is 0 Å². The Morgan fingerprint density at radius 2 is 1.67 bits per heavy atom. The molecule has 1 fully saturated rings. The molecular weight excluding hydrogens is 211 g/mol. The number of hydrogen-bond acceptors (Lipinski definition) is 2. The van der Waals surface area contributed by atoms with Crippen LogP contribution in [0, 0.1) is 0 Å². The molecule has 0 radical (unpaired) electrons. The average molecular weight is 232 g/mol. The first-order valence-corrected chi connectivity index (χ1v) is 9.82. The second kappa shape index (κ2) is 5.26. The molecular formula is C9H21AsN2. The molecule has 2 nitrogen and oxygen atoms in total. The third-order valence-corrected chi connectivity index (χ3v) is 4.76. The fraction of sp³-hybridized carbons (Fsp3) is 1.00. The van der Waals surface area contributed by atoms with Gasteiger partial charge in [0.25, 0.3) is 0 Å². The van der Waals surface area contributed by atoms with Crippen LogP contribution < -0.4 is 0 Å². The Bertz CT molecular complexity index is 120. The van der Waals surface area contributed by atoms with Crippen molar-refractivity contribution in [3.05, 3.63) is 0 Å². The molecule has 0 aromatic heterocycles. The van der Waals surface area contributed by atoms with Crippen molar-refractivity contribution in [3.63, 3.8) is 0 Å². The van der Waals surface area contributed by atoms with Crippen LogP contribution >= 0.6 is 0 Å². The first kappa shape index (κ1) is 10.6. The van der Waals surface area contributed by atoms with Gasteiger partial charge < -0.3 is 0 Å². The van der Waals surface area contributed by atoms with Crippen LogP contribution in [0.25, 0.3) is 0 Å². The summed E-state index contributed by atoms with van der Waals surface area (Å²) in [4.78, 5) is 5.04. The van der Waals surface area contributed by atoms with Crippen LogP contribution in [-0.2, 0) is 0 Å². The van der Waals surface area contributed by atoms with E-state index in [1.807, 2.05) is 0 Å². The van der Waals surface area contributed by atoms with Crippen LogP contribution in [0.3, 0.4) is 0 Å². The molecule has 0 aromatic carbocycles. The Labute approximate surface area is 81.2 Å². The van der Waals surface area contributed by atoms with Gasteiger partial charge in [0.15, 0.2) is 0 Å². The molecule has 0 bridgehead atoms. The molecule has 3 heteroatoms. The van der Waals surface area contributed by atoms with E-state index in [4.69, 9.17) is 0 Å². The first-order valence-electron chi connectivity index (χ1n) is 4.74. The summed E-state index contributed by atoms with van der Waals surface area (Å²) >= 11 is -0.371. The fourth-order valence-electron chi connectivity index (χ4n) is 1.41. The zero-order valence-electron chi connectivity index (χ0n) is 8.58. The summed E-state index contributed by atoms with van der Waals surface area (Å²) in [5.74, 6) is 0. The van der Waals surface area contributed by atoms with Gasteiger partial charge in [0.2, 0.25) is 0 Å². The van der Waals surface area contributed by atoms with Gasteiger partial charge in [-0.2, -0.15) is 0 Å². The summed E-state index contributed by atoms with van der Waals surface area (Å²) in [6.45, 7) is 6.47. The van der Waals surface area contributed by atoms with Crippen molar-refractivity contribution < 1.29 is 0 Å². The van der Waals surface area contributed by atoms with Crippen molar-refractivity contribution in [2.75, 3.05) is 39.8 Å². The van der Waals surface area contributed by atoms with Crippen molar-refractivity contribution >= 4 is 14.7 Å². The molecule has 0 unspecified atom stereocenters. The number of rotatable bonds is 3. The van der Waals surface area contributed by atoms with E-state index in [-0.39, 0.29) is 14.7 Å². The zero-order valence-corrected chi connectivity index (χ0v) is 10.5. The molecule has 72 valence electrons. The van der Waals surface area contributed by atoms with Crippen molar-refractivity contribution in [1.29, 1.82) is 0 Å². The van der Waals surface area contributed by atoms with Crippen molar-refractivity contribution in [2.24, 2.45) is 0 Å². The molecule has 0 N–H and O–H groups in total. The summed E-state index contributed by atoms with van der Waals surface area (Å²) < 4.78 is 0. The molecule has 0 aromatic rings. The molecule has 1 heterocycles.